The minimum Gasteiger partial charge on any atom is -0.397 e. The molecule has 1 heterocycles. The van der Waals surface area contributed by atoms with Crippen LogP contribution in [-0.2, 0) is 16.6 Å². The minimum absolute atomic E-state index is 0.128. The first kappa shape index (κ1) is 14.8. The van der Waals surface area contributed by atoms with Gasteiger partial charge in [0.25, 0.3) is 0 Å². The lowest BCUT2D eigenvalue weighted by Gasteiger charge is -2.11. The molecule has 2 rings (SSSR count). The van der Waals surface area contributed by atoms with E-state index in [0.717, 1.165) is 5.56 Å². The lowest BCUT2D eigenvalue weighted by Crippen LogP contribution is -2.24. The summed E-state index contributed by atoms with van der Waals surface area (Å²) in [5.74, 6) is 0. The van der Waals surface area contributed by atoms with E-state index in [1.54, 1.807) is 31.5 Å². The predicted molar refractivity (Wildman–Crippen MR) is 78.9 cm³/mol. The summed E-state index contributed by atoms with van der Waals surface area (Å²) >= 11 is 5.86. The Morgan fingerprint density at radius 2 is 2.15 bits per heavy atom. The van der Waals surface area contributed by atoms with E-state index >= 15 is 0 Å². The van der Waals surface area contributed by atoms with Crippen molar-refractivity contribution >= 4 is 27.3 Å². The predicted octanol–water partition coefficient (Wildman–Crippen LogP) is 2.10. The Balaban J connectivity index is 2.25. The van der Waals surface area contributed by atoms with E-state index < -0.39 is 10.0 Å². The summed E-state index contributed by atoms with van der Waals surface area (Å²) in [5, 5.41) is 0.341. The van der Waals surface area contributed by atoms with Crippen molar-refractivity contribution in [3.05, 3.63) is 52.8 Å². The van der Waals surface area contributed by atoms with Crippen molar-refractivity contribution in [1.82, 2.24) is 9.71 Å². The Kier molecular flexibility index (Phi) is 4.27. The second-order valence-corrected chi connectivity index (χ2v) is 6.47. The van der Waals surface area contributed by atoms with Crippen molar-refractivity contribution < 1.29 is 8.42 Å². The summed E-state index contributed by atoms with van der Waals surface area (Å²) in [6.07, 6.45) is 3.23. The van der Waals surface area contributed by atoms with Gasteiger partial charge >= 0.3 is 0 Å². The van der Waals surface area contributed by atoms with Crippen LogP contribution in [0.2, 0.25) is 5.02 Å². The van der Waals surface area contributed by atoms with Gasteiger partial charge in [0, 0.05) is 18.9 Å². The quantitative estimate of drug-likeness (QED) is 0.847. The van der Waals surface area contributed by atoms with Gasteiger partial charge in [-0.2, -0.15) is 0 Å². The molecule has 0 radical (unpaired) electrons. The normalized spacial score (nSPS) is 11.5. The fourth-order valence-corrected chi connectivity index (χ4v) is 3.21. The first-order valence-corrected chi connectivity index (χ1v) is 7.70. The van der Waals surface area contributed by atoms with Gasteiger partial charge < -0.3 is 5.73 Å². The molecule has 2 aromatic rings. The highest BCUT2D eigenvalue weighted by Crippen LogP contribution is 2.26. The Hall–Kier alpha value is -1.63. The Bertz CT molecular complexity index is 718. The first-order chi connectivity index (χ1) is 9.40. The van der Waals surface area contributed by atoms with Gasteiger partial charge in [-0.05, 0) is 36.2 Å². The monoisotopic (exact) mass is 311 g/mol. The maximum absolute atomic E-state index is 12.3. The lowest BCUT2D eigenvalue weighted by atomic mass is 10.2. The number of anilines is 1. The molecule has 0 unspecified atom stereocenters. The Morgan fingerprint density at radius 3 is 2.80 bits per heavy atom. The third-order valence-corrected chi connectivity index (χ3v) is 4.64. The van der Waals surface area contributed by atoms with Gasteiger partial charge in [-0.25, -0.2) is 13.1 Å². The molecule has 0 saturated carbocycles. The van der Waals surface area contributed by atoms with Crippen molar-refractivity contribution in [3.63, 3.8) is 0 Å². The zero-order chi connectivity index (χ0) is 14.8. The second-order valence-electron chi connectivity index (χ2n) is 4.33. The van der Waals surface area contributed by atoms with Crippen LogP contribution in [0.5, 0.6) is 0 Å². The molecule has 0 aliphatic rings. The topological polar surface area (TPSA) is 85.1 Å². The van der Waals surface area contributed by atoms with Crippen LogP contribution in [0.15, 0.2) is 41.6 Å². The average Bonchev–Trinajstić information content (AvgIpc) is 2.42. The molecule has 0 atom stereocenters. The van der Waals surface area contributed by atoms with Gasteiger partial charge in [-0.3, -0.25) is 4.98 Å². The average molecular weight is 312 g/mol. The second kappa shape index (κ2) is 5.78. The zero-order valence-corrected chi connectivity index (χ0v) is 12.4. The van der Waals surface area contributed by atoms with Crippen molar-refractivity contribution in [3.8, 4) is 0 Å². The van der Waals surface area contributed by atoms with Crippen LogP contribution in [-0.4, -0.2) is 13.4 Å². The Morgan fingerprint density at radius 1 is 1.40 bits per heavy atom. The van der Waals surface area contributed by atoms with Crippen molar-refractivity contribution in [2.75, 3.05) is 5.73 Å². The molecule has 1 aromatic carbocycles. The van der Waals surface area contributed by atoms with Crippen molar-refractivity contribution in [2.24, 2.45) is 0 Å². The molecule has 0 spiro atoms. The van der Waals surface area contributed by atoms with Gasteiger partial charge in [0.15, 0.2) is 0 Å². The number of hydrogen-bond donors (Lipinski definition) is 2. The maximum atomic E-state index is 12.3. The fourth-order valence-electron chi connectivity index (χ4n) is 1.72. The van der Waals surface area contributed by atoms with Gasteiger partial charge in [0.05, 0.1) is 15.6 Å². The van der Waals surface area contributed by atoms with Crippen molar-refractivity contribution in [2.45, 2.75) is 18.4 Å². The van der Waals surface area contributed by atoms with Crippen LogP contribution in [0.1, 0.15) is 11.1 Å². The largest absolute Gasteiger partial charge is 0.397 e. The maximum Gasteiger partial charge on any atom is 0.241 e. The molecule has 0 bridgehead atoms. The van der Waals surface area contributed by atoms with Gasteiger partial charge in [0.2, 0.25) is 10.0 Å². The number of benzene rings is 1. The number of rotatable bonds is 4. The van der Waals surface area contributed by atoms with E-state index in [9.17, 15) is 8.42 Å². The summed E-state index contributed by atoms with van der Waals surface area (Å²) in [5.41, 5.74) is 7.21. The fraction of sp³-hybridized carbons (Fsp3) is 0.154. The number of halogens is 1. The Labute approximate surface area is 122 Å². The molecule has 7 heteroatoms. The highest BCUT2D eigenvalue weighted by molar-refractivity contribution is 7.89. The molecule has 0 saturated heterocycles. The van der Waals surface area contributed by atoms with E-state index in [1.807, 2.05) is 0 Å². The number of nitrogens with two attached hydrogens (primary N) is 1. The number of nitrogens with zero attached hydrogens (tertiary/aromatic N) is 1. The summed E-state index contributed by atoms with van der Waals surface area (Å²) in [6, 6.07) is 6.44. The molecule has 0 fully saturated rings. The van der Waals surface area contributed by atoms with E-state index in [2.05, 4.69) is 9.71 Å². The van der Waals surface area contributed by atoms with Gasteiger partial charge in [0.1, 0.15) is 0 Å². The van der Waals surface area contributed by atoms with Gasteiger partial charge in [-0.15, -0.1) is 0 Å². The molecule has 20 heavy (non-hydrogen) atoms. The first-order valence-electron chi connectivity index (χ1n) is 5.84. The number of aryl methyl sites for hydroxylation is 1. The van der Waals surface area contributed by atoms with Crippen molar-refractivity contribution in [1.29, 1.82) is 0 Å². The summed E-state index contributed by atoms with van der Waals surface area (Å²) in [6.45, 7) is 1.84. The molecular weight excluding hydrogens is 298 g/mol. The summed E-state index contributed by atoms with van der Waals surface area (Å²) in [7, 11) is -3.64. The van der Waals surface area contributed by atoms with E-state index in [-0.39, 0.29) is 17.1 Å². The third-order valence-electron chi connectivity index (χ3n) is 2.77. The number of pyridine rings is 1. The van der Waals surface area contributed by atoms with E-state index in [0.29, 0.717) is 10.6 Å². The molecular formula is C13H14ClN3O2S. The highest BCUT2D eigenvalue weighted by Gasteiger charge is 2.18. The van der Waals surface area contributed by atoms with Crippen LogP contribution < -0.4 is 10.5 Å². The smallest absolute Gasteiger partial charge is 0.241 e. The molecule has 106 valence electrons. The minimum atomic E-state index is -3.64. The van der Waals surface area contributed by atoms with Gasteiger partial charge in [-0.1, -0.05) is 17.7 Å². The molecule has 1 aromatic heterocycles. The van der Waals surface area contributed by atoms with Crippen LogP contribution >= 0.6 is 11.6 Å². The van der Waals surface area contributed by atoms with Crippen LogP contribution in [0.4, 0.5) is 5.69 Å². The van der Waals surface area contributed by atoms with Crippen LogP contribution in [0.3, 0.4) is 0 Å². The summed E-state index contributed by atoms with van der Waals surface area (Å²) < 4.78 is 27.0. The number of nitrogen functional groups attached to an aromatic ring is 1. The SMILES string of the molecule is Cc1cc(Cl)c(N)cc1S(=O)(=O)NCc1cccnc1. The number of nitrogens with one attached hydrogen (secondary N) is 1. The number of hydrogen-bond acceptors (Lipinski definition) is 4. The van der Waals surface area contributed by atoms with Crippen LogP contribution in [0, 0.1) is 6.92 Å². The highest BCUT2D eigenvalue weighted by atomic mass is 35.5. The lowest BCUT2D eigenvalue weighted by molar-refractivity contribution is 0.580. The van der Waals surface area contributed by atoms with Crippen LogP contribution in [0.25, 0.3) is 0 Å². The van der Waals surface area contributed by atoms with E-state index in [1.165, 1.54) is 12.1 Å². The molecule has 5 nitrogen and oxygen atoms in total. The number of aromatic nitrogens is 1. The molecule has 0 aliphatic heterocycles. The van der Waals surface area contributed by atoms with E-state index in [4.69, 9.17) is 17.3 Å². The standard InChI is InChI=1S/C13H14ClN3O2S/c1-9-5-11(14)12(15)6-13(9)20(18,19)17-8-10-3-2-4-16-7-10/h2-7,17H,8,15H2,1H3. The summed E-state index contributed by atoms with van der Waals surface area (Å²) in [4.78, 5) is 4.06. The molecule has 0 amide bonds. The molecule has 0 aliphatic carbocycles. The zero-order valence-electron chi connectivity index (χ0n) is 10.8. The molecule has 3 N–H and O–H groups in total. The number of sulfonamides is 1. The third kappa shape index (κ3) is 3.27.